The van der Waals surface area contributed by atoms with Gasteiger partial charge in [0.1, 0.15) is 0 Å². The maximum atomic E-state index is 10.8. The molecule has 0 aliphatic carbocycles. The number of benzene rings is 1. The van der Waals surface area contributed by atoms with Gasteiger partial charge in [-0.15, -0.1) is 0 Å². The summed E-state index contributed by atoms with van der Waals surface area (Å²) in [6.45, 7) is 0.646. The van der Waals surface area contributed by atoms with Crippen LogP contribution in [0, 0.1) is 10.1 Å². The Kier molecular flexibility index (Phi) is 5.54. The molecule has 0 fully saturated rings. The number of halogens is 1. The summed E-state index contributed by atoms with van der Waals surface area (Å²) >= 11 is 3.14. The fraction of sp³-hybridized carbons (Fsp3) is 0.455. The van der Waals surface area contributed by atoms with Crippen LogP contribution >= 0.6 is 15.9 Å². The molecule has 17 heavy (non-hydrogen) atoms. The van der Waals surface area contributed by atoms with Gasteiger partial charge in [0, 0.05) is 12.1 Å². The third kappa shape index (κ3) is 4.07. The van der Waals surface area contributed by atoms with Gasteiger partial charge >= 0.3 is 0 Å². The van der Waals surface area contributed by atoms with E-state index in [2.05, 4.69) is 15.9 Å². The van der Waals surface area contributed by atoms with Gasteiger partial charge in [-0.05, 0) is 46.9 Å². The second-order valence-corrected chi connectivity index (χ2v) is 4.71. The van der Waals surface area contributed by atoms with Crippen molar-refractivity contribution < 1.29 is 4.92 Å². The first-order valence-corrected chi connectivity index (χ1v) is 6.25. The molecule has 94 valence electrons. The molecule has 0 aliphatic heterocycles. The molecule has 1 aromatic carbocycles. The highest BCUT2D eigenvalue weighted by Gasteiger charge is 2.15. The first-order chi connectivity index (χ1) is 8.06. The van der Waals surface area contributed by atoms with Crippen molar-refractivity contribution in [2.45, 2.75) is 25.3 Å². The molecule has 0 unspecified atom stereocenters. The molecule has 4 N–H and O–H groups in total. The van der Waals surface area contributed by atoms with Gasteiger partial charge in [0.2, 0.25) is 0 Å². The Morgan fingerprint density at radius 1 is 1.41 bits per heavy atom. The van der Waals surface area contributed by atoms with Gasteiger partial charge in [-0.1, -0.05) is 12.5 Å². The fourth-order valence-corrected chi connectivity index (χ4v) is 1.97. The van der Waals surface area contributed by atoms with E-state index < -0.39 is 4.92 Å². The van der Waals surface area contributed by atoms with Crippen LogP contribution in [-0.4, -0.2) is 11.5 Å². The maximum absolute atomic E-state index is 10.8. The number of rotatable bonds is 6. The number of nitro groups is 1. The van der Waals surface area contributed by atoms with Gasteiger partial charge in [0.15, 0.2) is 0 Å². The summed E-state index contributed by atoms with van der Waals surface area (Å²) in [6, 6.07) is 4.82. The summed E-state index contributed by atoms with van der Waals surface area (Å²) in [6.07, 6.45) is 2.64. The number of nitrogens with two attached hydrogens (primary N) is 2. The lowest BCUT2D eigenvalue weighted by atomic mass is 10.0. The van der Waals surface area contributed by atoms with E-state index in [9.17, 15) is 10.1 Å². The van der Waals surface area contributed by atoms with Gasteiger partial charge in [-0.25, -0.2) is 0 Å². The molecule has 0 spiro atoms. The largest absolute Gasteiger partial charge is 0.330 e. The Hall–Kier alpha value is -0.980. The van der Waals surface area contributed by atoms with Gasteiger partial charge < -0.3 is 11.5 Å². The van der Waals surface area contributed by atoms with E-state index in [1.165, 1.54) is 6.07 Å². The summed E-state index contributed by atoms with van der Waals surface area (Å²) < 4.78 is 0.473. The highest BCUT2D eigenvalue weighted by Crippen LogP contribution is 2.28. The van der Waals surface area contributed by atoms with Crippen molar-refractivity contribution in [3.8, 4) is 0 Å². The number of nitro benzene ring substituents is 1. The summed E-state index contributed by atoms with van der Waals surface area (Å²) in [5, 5.41) is 10.8. The van der Waals surface area contributed by atoms with Crippen LogP contribution < -0.4 is 11.5 Å². The third-order valence-corrected chi connectivity index (χ3v) is 3.23. The molecule has 0 amide bonds. The summed E-state index contributed by atoms with van der Waals surface area (Å²) in [4.78, 5) is 10.4. The normalized spacial score (nSPS) is 12.4. The second kappa shape index (κ2) is 6.68. The minimum Gasteiger partial charge on any atom is -0.330 e. The molecule has 0 aromatic heterocycles. The Labute approximate surface area is 108 Å². The molecule has 0 saturated carbocycles. The first-order valence-electron chi connectivity index (χ1n) is 5.45. The average molecular weight is 302 g/mol. The van der Waals surface area contributed by atoms with Crippen molar-refractivity contribution in [1.29, 1.82) is 0 Å². The fourth-order valence-electron chi connectivity index (χ4n) is 1.58. The molecular formula is C11H16BrN3O2. The zero-order valence-corrected chi connectivity index (χ0v) is 11.0. The van der Waals surface area contributed by atoms with Crippen LogP contribution in [0.3, 0.4) is 0 Å². The van der Waals surface area contributed by atoms with Crippen LogP contribution in [0.2, 0.25) is 0 Å². The van der Waals surface area contributed by atoms with E-state index in [1.807, 2.05) is 6.07 Å². The lowest BCUT2D eigenvalue weighted by Crippen LogP contribution is -2.11. The molecule has 6 heteroatoms. The van der Waals surface area contributed by atoms with E-state index in [0.29, 0.717) is 11.0 Å². The molecule has 1 atom stereocenters. The van der Waals surface area contributed by atoms with Gasteiger partial charge in [-0.2, -0.15) is 0 Å². The first kappa shape index (κ1) is 14.1. The molecule has 0 heterocycles. The molecule has 0 bridgehead atoms. The molecular weight excluding hydrogens is 286 g/mol. The summed E-state index contributed by atoms with van der Waals surface area (Å²) in [5.41, 5.74) is 12.2. The van der Waals surface area contributed by atoms with E-state index in [1.54, 1.807) is 6.07 Å². The maximum Gasteiger partial charge on any atom is 0.283 e. The predicted octanol–water partition coefficient (Wildman–Crippen LogP) is 2.49. The molecule has 1 aromatic rings. The van der Waals surface area contributed by atoms with Crippen molar-refractivity contribution in [3.05, 3.63) is 38.3 Å². The quantitative estimate of drug-likeness (QED) is 0.479. The minimum atomic E-state index is -0.416. The van der Waals surface area contributed by atoms with E-state index in [-0.39, 0.29) is 11.7 Å². The van der Waals surface area contributed by atoms with Crippen LogP contribution in [0.1, 0.15) is 30.9 Å². The zero-order valence-electron chi connectivity index (χ0n) is 9.43. The Morgan fingerprint density at radius 3 is 2.71 bits per heavy atom. The monoisotopic (exact) mass is 301 g/mol. The molecule has 1 rings (SSSR count). The molecule has 0 radical (unpaired) electrons. The van der Waals surface area contributed by atoms with E-state index in [0.717, 1.165) is 24.8 Å². The summed E-state index contributed by atoms with van der Waals surface area (Å²) in [7, 11) is 0. The third-order valence-electron chi connectivity index (χ3n) is 2.56. The minimum absolute atomic E-state index is 0.0526. The Morgan fingerprint density at radius 2 is 2.12 bits per heavy atom. The average Bonchev–Trinajstić information content (AvgIpc) is 2.29. The van der Waals surface area contributed by atoms with Crippen molar-refractivity contribution in [2.24, 2.45) is 11.5 Å². The van der Waals surface area contributed by atoms with Crippen molar-refractivity contribution in [1.82, 2.24) is 0 Å². The van der Waals surface area contributed by atoms with Gasteiger partial charge in [-0.3, -0.25) is 10.1 Å². The van der Waals surface area contributed by atoms with E-state index >= 15 is 0 Å². The number of hydrogen-bond acceptors (Lipinski definition) is 4. The standard InChI is InChI=1S/C11H16BrN3O2/c12-9-5-4-8(7-11(9)15(16)17)10(14)3-1-2-6-13/h4-5,7,10H,1-3,6,13-14H2/t10-/m1/s1. The molecule has 0 saturated heterocycles. The topological polar surface area (TPSA) is 95.2 Å². The lowest BCUT2D eigenvalue weighted by Gasteiger charge is -2.11. The molecule has 5 nitrogen and oxygen atoms in total. The zero-order chi connectivity index (χ0) is 12.8. The predicted molar refractivity (Wildman–Crippen MR) is 70.6 cm³/mol. The second-order valence-electron chi connectivity index (χ2n) is 3.86. The Balaban J connectivity index is 2.77. The van der Waals surface area contributed by atoms with Crippen LogP contribution in [-0.2, 0) is 0 Å². The number of nitrogens with zero attached hydrogens (tertiary/aromatic N) is 1. The van der Waals surface area contributed by atoms with Crippen LogP contribution in [0.5, 0.6) is 0 Å². The lowest BCUT2D eigenvalue weighted by molar-refractivity contribution is -0.385. The number of unbranched alkanes of at least 4 members (excludes halogenated alkanes) is 1. The van der Waals surface area contributed by atoms with Crippen LogP contribution in [0.25, 0.3) is 0 Å². The molecule has 0 aliphatic rings. The number of hydrogen-bond donors (Lipinski definition) is 2. The van der Waals surface area contributed by atoms with E-state index in [4.69, 9.17) is 11.5 Å². The van der Waals surface area contributed by atoms with Crippen molar-refractivity contribution in [2.75, 3.05) is 6.54 Å². The SMILES string of the molecule is NCCCC[C@@H](N)c1ccc(Br)c([N+](=O)[O-])c1. The van der Waals surface area contributed by atoms with Crippen LogP contribution in [0.15, 0.2) is 22.7 Å². The summed E-state index contributed by atoms with van der Waals surface area (Å²) in [5.74, 6) is 0. The Bertz CT molecular complexity index is 398. The highest BCUT2D eigenvalue weighted by atomic mass is 79.9. The van der Waals surface area contributed by atoms with Crippen LogP contribution in [0.4, 0.5) is 5.69 Å². The van der Waals surface area contributed by atoms with Crippen molar-refractivity contribution >= 4 is 21.6 Å². The highest BCUT2D eigenvalue weighted by molar-refractivity contribution is 9.10. The van der Waals surface area contributed by atoms with Gasteiger partial charge in [0.05, 0.1) is 9.40 Å². The van der Waals surface area contributed by atoms with Crippen molar-refractivity contribution in [3.63, 3.8) is 0 Å². The van der Waals surface area contributed by atoms with Gasteiger partial charge in [0.25, 0.3) is 5.69 Å². The smallest absolute Gasteiger partial charge is 0.283 e.